The van der Waals surface area contributed by atoms with Crippen LogP contribution in [0.15, 0.2) is 24.3 Å². The van der Waals surface area contributed by atoms with E-state index < -0.39 is 17.7 Å². The van der Waals surface area contributed by atoms with Crippen LogP contribution in [0, 0.1) is 5.92 Å². The summed E-state index contributed by atoms with van der Waals surface area (Å²) in [5.74, 6) is -0.256. The van der Waals surface area contributed by atoms with Gasteiger partial charge in [0.15, 0.2) is 0 Å². The van der Waals surface area contributed by atoms with E-state index in [1.165, 1.54) is 5.56 Å². The van der Waals surface area contributed by atoms with Gasteiger partial charge in [0, 0.05) is 31.7 Å². The third-order valence-corrected chi connectivity index (χ3v) is 5.48. The van der Waals surface area contributed by atoms with E-state index in [4.69, 9.17) is 4.74 Å². The molecule has 0 aromatic heterocycles. The van der Waals surface area contributed by atoms with Crippen molar-refractivity contribution in [2.45, 2.75) is 72.4 Å². The summed E-state index contributed by atoms with van der Waals surface area (Å²) < 4.78 is 5.31. The summed E-state index contributed by atoms with van der Waals surface area (Å²) in [6.07, 6.45) is -0.600. The van der Waals surface area contributed by atoms with E-state index in [0.717, 1.165) is 0 Å². The Labute approximate surface area is 192 Å². The lowest BCUT2D eigenvalue weighted by molar-refractivity contribution is -0.136. The highest BCUT2D eigenvalue weighted by molar-refractivity contribution is 5.94. The SMILES string of the molecule is CC(C)[C@H](NC(=O)OC(C)(C)C)C(=O)N1CCN(C(=O)c2ccc(C(C)(C)C)cc2)CC1. The van der Waals surface area contributed by atoms with E-state index >= 15 is 0 Å². The van der Waals surface area contributed by atoms with Crippen molar-refractivity contribution in [1.82, 2.24) is 15.1 Å². The summed E-state index contributed by atoms with van der Waals surface area (Å²) in [5, 5.41) is 2.71. The number of carbonyl (C=O) groups is 3. The van der Waals surface area contributed by atoms with Gasteiger partial charge in [0.2, 0.25) is 5.91 Å². The van der Waals surface area contributed by atoms with Gasteiger partial charge in [-0.15, -0.1) is 0 Å². The number of amides is 3. The van der Waals surface area contributed by atoms with Gasteiger partial charge in [0.25, 0.3) is 5.91 Å². The highest BCUT2D eigenvalue weighted by Crippen LogP contribution is 2.23. The van der Waals surface area contributed by atoms with Crippen molar-refractivity contribution in [2.24, 2.45) is 5.92 Å². The molecule has 32 heavy (non-hydrogen) atoms. The Bertz CT molecular complexity index is 811. The third kappa shape index (κ3) is 6.97. The fourth-order valence-electron chi connectivity index (χ4n) is 3.57. The highest BCUT2D eigenvalue weighted by Gasteiger charge is 2.33. The van der Waals surface area contributed by atoms with Gasteiger partial charge < -0.3 is 19.9 Å². The van der Waals surface area contributed by atoms with Crippen LogP contribution in [0.1, 0.15) is 71.3 Å². The Morgan fingerprint density at radius 1 is 0.875 bits per heavy atom. The maximum absolute atomic E-state index is 13.1. The molecule has 1 heterocycles. The van der Waals surface area contributed by atoms with Gasteiger partial charge >= 0.3 is 6.09 Å². The standard InChI is InChI=1S/C25H39N3O4/c1-17(2)20(26-23(31)32-25(6,7)8)22(30)28-15-13-27(14-16-28)21(29)18-9-11-19(12-10-18)24(3,4)5/h9-12,17,20H,13-16H2,1-8H3,(H,26,31)/t20-/m0/s1. The molecule has 7 nitrogen and oxygen atoms in total. The largest absolute Gasteiger partial charge is 0.444 e. The molecule has 0 saturated carbocycles. The van der Waals surface area contributed by atoms with Crippen LogP contribution < -0.4 is 5.32 Å². The topological polar surface area (TPSA) is 79.0 Å². The number of nitrogens with one attached hydrogen (secondary N) is 1. The average Bonchev–Trinajstić information content (AvgIpc) is 2.69. The molecule has 1 aromatic carbocycles. The maximum atomic E-state index is 13.1. The maximum Gasteiger partial charge on any atom is 0.408 e. The van der Waals surface area contributed by atoms with E-state index in [2.05, 4.69) is 26.1 Å². The minimum absolute atomic E-state index is 0.0233. The Kier molecular flexibility index (Phi) is 7.97. The number of piperazine rings is 1. The molecule has 1 N–H and O–H groups in total. The summed E-state index contributed by atoms with van der Waals surface area (Å²) in [7, 11) is 0. The van der Waals surface area contributed by atoms with Gasteiger partial charge in [-0.3, -0.25) is 9.59 Å². The fraction of sp³-hybridized carbons (Fsp3) is 0.640. The first kappa shape index (κ1) is 25.7. The van der Waals surface area contributed by atoms with Crippen LogP contribution in [0.25, 0.3) is 0 Å². The summed E-state index contributed by atoms with van der Waals surface area (Å²) in [4.78, 5) is 41.7. The van der Waals surface area contributed by atoms with Gasteiger partial charge in [0.1, 0.15) is 11.6 Å². The Morgan fingerprint density at radius 3 is 1.81 bits per heavy atom. The molecule has 2 rings (SSSR count). The normalized spacial score (nSPS) is 16.0. The van der Waals surface area contributed by atoms with Crippen molar-refractivity contribution in [3.63, 3.8) is 0 Å². The van der Waals surface area contributed by atoms with Crippen LogP contribution in [-0.4, -0.2) is 65.5 Å². The molecule has 1 aliphatic rings. The van der Waals surface area contributed by atoms with Crippen LogP contribution >= 0.6 is 0 Å². The van der Waals surface area contributed by atoms with Crippen molar-refractivity contribution in [3.8, 4) is 0 Å². The number of carbonyl (C=O) groups excluding carboxylic acids is 3. The molecule has 7 heteroatoms. The molecule has 0 radical (unpaired) electrons. The van der Waals surface area contributed by atoms with Gasteiger partial charge in [0.05, 0.1) is 0 Å². The zero-order valence-electron chi connectivity index (χ0n) is 20.8. The van der Waals surface area contributed by atoms with Crippen LogP contribution in [0.2, 0.25) is 0 Å². The van der Waals surface area contributed by atoms with Crippen molar-refractivity contribution < 1.29 is 19.1 Å². The smallest absolute Gasteiger partial charge is 0.408 e. The highest BCUT2D eigenvalue weighted by atomic mass is 16.6. The van der Waals surface area contributed by atoms with Gasteiger partial charge in [-0.2, -0.15) is 0 Å². The van der Waals surface area contributed by atoms with E-state index in [0.29, 0.717) is 31.7 Å². The molecule has 0 unspecified atom stereocenters. The molecule has 1 fully saturated rings. The predicted octanol–water partition coefficient (Wildman–Crippen LogP) is 3.82. The first-order chi connectivity index (χ1) is 14.7. The lowest BCUT2D eigenvalue weighted by Gasteiger charge is -2.37. The molecule has 0 aliphatic carbocycles. The van der Waals surface area contributed by atoms with Crippen molar-refractivity contribution in [2.75, 3.05) is 26.2 Å². The van der Waals surface area contributed by atoms with Crippen molar-refractivity contribution in [1.29, 1.82) is 0 Å². The average molecular weight is 446 g/mol. The van der Waals surface area contributed by atoms with E-state index in [1.54, 1.807) is 30.6 Å². The van der Waals surface area contributed by atoms with Crippen LogP contribution in [-0.2, 0) is 14.9 Å². The molecule has 0 bridgehead atoms. The summed E-state index contributed by atoms with van der Waals surface area (Å²) in [6.45, 7) is 17.3. The molecule has 178 valence electrons. The number of nitrogens with zero attached hydrogens (tertiary/aromatic N) is 2. The number of hydrogen-bond acceptors (Lipinski definition) is 4. The fourth-order valence-corrected chi connectivity index (χ4v) is 3.57. The molecular formula is C25H39N3O4. The summed E-state index contributed by atoms with van der Waals surface area (Å²) in [6, 6.07) is 7.09. The predicted molar refractivity (Wildman–Crippen MR) is 126 cm³/mol. The zero-order chi connectivity index (χ0) is 24.3. The second-order valence-electron chi connectivity index (χ2n) is 10.8. The quantitative estimate of drug-likeness (QED) is 0.764. The Hall–Kier alpha value is -2.57. The molecule has 0 spiro atoms. The second-order valence-corrected chi connectivity index (χ2v) is 10.8. The number of ether oxygens (including phenoxy) is 1. The lowest BCUT2D eigenvalue weighted by Crippen LogP contribution is -2.57. The van der Waals surface area contributed by atoms with Gasteiger partial charge in [-0.05, 0) is 49.8 Å². The van der Waals surface area contributed by atoms with Gasteiger partial charge in [-0.25, -0.2) is 4.79 Å². The summed E-state index contributed by atoms with van der Waals surface area (Å²) in [5.41, 5.74) is 1.24. The third-order valence-electron chi connectivity index (χ3n) is 5.48. The first-order valence-corrected chi connectivity index (χ1v) is 11.4. The molecule has 1 aliphatic heterocycles. The van der Waals surface area contributed by atoms with E-state index in [1.807, 2.05) is 38.1 Å². The molecule has 1 aromatic rings. The minimum Gasteiger partial charge on any atom is -0.444 e. The molecule has 1 atom stereocenters. The van der Waals surface area contributed by atoms with E-state index in [9.17, 15) is 14.4 Å². The second kappa shape index (κ2) is 9.92. The van der Waals surface area contributed by atoms with E-state index in [-0.39, 0.29) is 23.1 Å². The lowest BCUT2D eigenvalue weighted by atomic mass is 9.86. The Balaban J connectivity index is 1.97. The number of benzene rings is 1. The van der Waals surface area contributed by atoms with Crippen LogP contribution in [0.4, 0.5) is 4.79 Å². The Morgan fingerprint density at radius 2 is 1.38 bits per heavy atom. The number of rotatable bonds is 4. The summed E-state index contributed by atoms with van der Waals surface area (Å²) >= 11 is 0. The van der Waals surface area contributed by atoms with Crippen molar-refractivity contribution >= 4 is 17.9 Å². The first-order valence-electron chi connectivity index (χ1n) is 11.4. The molecular weight excluding hydrogens is 406 g/mol. The zero-order valence-corrected chi connectivity index (χ0v) is 20.8. The number of alkyl carbamates (subject to hydrolysis) is 1. The van der Waals surface area contributed by atoms with Crippen LogP contribution in [0.3, 0.4) is 0 Å². The monoisotopic (exact) mass is 445 g/mol. The minimum atomic E-state index is -0.669. The molecule has 1 saturated heterocycles. The van der Waals surface area contributed by atoms with Crippen LogP contribution in [0.5, 0.6) is 0 Å². The number of hydrogen-bond donors (Lipinski definition) is 1. The van der Waals surface area contributed by atoms with Crippen molar-refractivity contribution in [3.05, 3.63) is 35.4 Å². The molecule has 3 amide bonds. The van der Waals surface area contributed by atoms with Gasteiger partial charge in [-0.1, -0.05) is 46.8 Å².